The molecule has 1 aromatic carbocycles. The predicted octanol–water partition coefficient (Wildman–Crippen LogP) is 4.96. The van der Waals surface area contributed by atoms with Crippen molar-refractivity contribution < 1.29 is 0 Å². The Labute approximate surface area is 111 Å². The lowest BCUT2D eigenvalue weighted by atomic mass is 10.1. The molecule has 1 nitrogen and oxygen atoms in total. The van der Waals surface area contributed by atoms with Crippen molar-refractivity contribution in [3.8, 4) is 0 Å². The van der Waals surface area contributed by atoms with E-state index in [-0.39, 0.29) is 0 Å². The highest BCUT2D eigenvalue weighted by Gasteiger charge is 1.99. The van der Waals surface area contributed by atoms with Crippen LogP contribution in [0.2, 0.25) is 0 Å². The van der Waals surface area contributed by atoms with Crippen molar-refractivity contribution in [2.24, 2.45) is 0 Å². The minimum absolute atomic E-state index is 1.08. The molecule has 0 aliphatic heterocycles. The summed E-state index contributed by atoms with van der Waals surface area (Å²) in [6.45, 7) is 2.19. The van der Waals surface area contributed by atoms with Crippen LogP contribution in [-0.2, 0) is 6.42 Å². The number of H-pyrrole nitrogens is 1. The third-order valence-corrected chi connectivity index (χ3v) is 3.81. The second-order valence-electron chi connectivity index (χ2n) is 4.39. The fraction of sp³-hybridized carbons (Fsp3) is 0.125. The number of aryl methyl sites for hydroxylation is 1. The molecule has 0 radical (unpaired) electrons. The Morgan fingerprint density at radius 2 is 2.11 bits per heavy atom. The number of nitrogens with one attached hydrogen (secondary N) is 1. The first-order valence-corrected chi connectivity index (χ1v) is 7.11. The summed E-state index contributed by atoms with van der Waals surface area (Å²) in [7, 11) is 0. The van der Waals surface area contributed by atoms with Gasteiger partial charge in [0.1, 0.15) is 0 Å². The average Bonchev–Trinajstić information content (AvgIpc) is 3.04. The highest BCUT2D eigenvalue weighted by molar-refractivity contribution is 7.08. The Morgan fingerprint density at radius 3 is 2.89 bits per heavy atom. The largest absolute Gasteiger partial charge is 0.355 e. The van der Waals surface area contributed by atoms with E-state index in [1.54, 1.807) is 11.3 Å². The quantitative estimate of drug-likeness (QED) is 0.679. The van der Waals surface area contributed by atoms with Crippen LogP contribution in [0.4, 0.5) is 0 Å². The maximum absolute atomic E-state index is 3.43. The van der Waals surface area contributed by atoms with Crippen LogP contribution in [0.25, 0.3) is 23.1 Å². The van der Waals surface area contributed by atoms with E-state index < -0.39 is 0 Å². The van der Waals surface area contributed by atoms with Gasteiger partial charge >= 0.3 is 0 Å². The summed E-state index contributed by atoms with van der Waals surface area (Å²) in [6, 6.07) is 10.9. The Kier molecular flexibility index (Phi) is 3.03. The van der Waals surface area contributed by atoms with E-state index >= 15 is 0 Å². The first kappa shape index (κ1) is 11.3. The van der Waals surface area contributed by atoms with Crippen molar-refractivity contribution in [3.63, 3.8) is 0 Å². The maximum atomic E-state index is 3.43. The van der Waals surface area contributed by atoms with Crippen molar-refractivity contribution in [1.29, 1.82) is 0 Å². The summed E-state index contributed by atoms with van der Waals surface area (Å²) >= 11 is 1.72. The molecule has 0 bridgehead atoms. The van der Waals surface area contributed by atoms with Crippen LogP contribution in [-0.4, -0.2) is 4.98 Å². The summed E-state index contributed by atoms with van der Waals surface area (Å²) in [5.41, 5.74) is 5.00. The Balaban J connectivity index is 1.93. The van der Waals surface area contributed by atoms with Crippen molar-refractivity contribution in [2.45, 2.75) is 13.3 Å². The highest BCUT2D eigenvalue weighted by atomic mass is 32.1. The third kappa shape index (κ3) is 2.24. The van der Waals surface area contributed by atoms with Gasteiger partial charge in [-0.15, -0.1) is 0 Å². The molecular formula is C16H15NS. The minimum atomic E-state index is 1.08. The normalized spacial score (nSPS) is 11.6. The van der Waals surface area contributed by atoms with Crippen LogP contribution in [0.15, 0.2) is 41.1 Å². The van der Waals surface area contributed by atoms with E-state index in [9.17, 15) is 0 Å². The number of rotatable bonds is 3. The second kappa shape index (κ2) is 4.83. The fourth-order valence-corrected chi connectivity index (χ4v) is 2.70. The van der Waals surface area contributed by atoms with E-state index in [1.807, 2.05) is 0 Å². The summed E-state index contributed by atoms with van der Waals surface area (Å²) in [6.07, 6.45) is 5.36. The summed E-state index contributed by atoms with van der Waals surface area (Å²) in [5.74, 6) is 0. The molecule has 90 valence electrons. The van der Waals surface area contributed by atoms with Gasteiger partial charge in [-0.3, -0.25) is 0 Å². The molecule has 18 heavy (non-hydrogen) atoms. The monoisotopic (exact) mass is 253 g/mol. The third-order valence-electron chi connectivity index (χ3n) is 3.11. The molecule has 1 N–H and O–H groups in total. The van der Waals surface area contributed by atoms with Gasteiger partial charge < -0.3 is 4.98 Å². The number of fused-ring (bicyclic) bond motifs is 1. The molecule has 0 saturated carbocycles. The van der Waals surface area contributed by atoms with Gasteiger partial charge in [0.05, 0.1) is 0 Å². The van der Waals surface area contributed by atoms with Gasteiger partial charge in [0.25, 0.3) is 0 Å². The zero-order chi connectivity index (χ0) is 12.4. The number of benzene rings is 1. The van der Waals surface area contributed by atoms with E-state index in [2.05, 4.69) is 65.2 Å². The number of hydrogen-bond donors (Lipinski definition) is 1. The highest BCUT2D eigenvalue weighted by Crippen LogP contribution is 2.19. The number of aromatic nitrogens is 1. The predicted molar refractivity (Wildman–Crippen MR) is 80.9 cm³/mol. The average molecular weight is 253 g/mol. The Morgan fingerprint density at radius 1 is 1.17 bits per heavy atom. The molecule has 0 spiro atoms. The van der Waals surface area contributed by atoms with Crippen LogP contribution in [0.3, 0.4) is 0 Å². The number of aromatic amines is 1. The summed E-state index contributed by atoms with van der Waals surface area (Å²) < 4.78 is 0. The molecule has 0 aliphatic carbocycles. The van der Waals surface area contributed by atoms with Crippen LogP contribution in [0.5, 0.6) is 0 Å². The fourth-order valence-electron chi connectivity index (χ4n) is 2.07. The van der Waals surface area contributed by atoms with Gasteiger partial charge in [-0.2, -0.15) is 11.3 Å². The molecule has 0 atom stereocenters. The van der Waals surface area contributed by atoms with Crippen molar-refractivity contribution in [2.75, 3.05) is 0 Å². The molecule has 3 rings (SSSR count). The van der Waals surface area contributed by atoms with Gasteiger partial charge in [-0.05, 0) is 58.6 Å². The topological polar surface area (TPSA) is 15.8 Å². The Bertz CT molecular complexity index is 674. The van der Waals surface area contributed by atoms with Crippen molar-refractivity contribution >= 4 is 34.4 Å². The van der Waals surface area contributed by atoms with Gasteiger partial charge in [-0.25, -0.2) is 0 Å². The number of hydrogen-bond acceptors (Lipinski definition) is 1. The molecule has 0 unspecified atom stereocenters. The van der Waals surface area contributed by atoms with Crippen LogP contribution in [0, 0.1) is 0 Å². The lowest BCUT2D eigenvalue weighted by Crippen LogP contribution is -1.77. The van der Waals surface area contributed by atoms with Crippen molar-refractivity contribution in [3.05, 3.63) is 57.9 Å². The molecule has 3 aromatic rings. The molecule has 2 heteroatoms. The molecule has 2 aromatic heterocycles. The van der Waals surface area contributed by atoms with Crippen LogP contribution < -0.4 is 0 Å². The van der Waals surface area contributed by atoms with Crippen molar-refractivity contribution in [1.82, 2.24) is 4.98 Å². The standard InChI is InChI=1S/C16H15NS/c1-2-12-4-6-16-14(9-12)10-15(17-16)5-3-13-7-8-18-11-13/h3-11,17H,2H2,1H3. The van der Waals surface area contributed by atoms with Gasteiger partial charge in [-0.1, -0.05) is 19.1 Å². The zero-order valence-electron chi connectivity index (χ0n) is 10.3. The molecule has 0 aliphatic rings. The first-order valence-electron chi connectivity index (χ1n) is 6.17. The van der Waals surface area contributed by atoms with Crippen LogP contribution in [0.1, 0.15) is 23.7 Å². The summed E-state index contributed by atoms with van der Waals surface area (Å²) in [4.78, 5) is 3.43. The SMILES string of the molecule is CCc1ccc2[nH]c(C=Cc3ccsc3)cc2c1. The van der Waals surface area contributed by atoms with Gasteiger partial charge in [0.15, 0.2) is 0 Å². The van der Waals surface area contributed by atoms with Crippen LogP contribution >= 0.6 is 11.3 Å². The lowest BCUT2D eigenvalue weighted by Gasteiger charge is -1.94. The number of thiophene rings is 1. The smallest absolute Gasteiger partial charge is 0.0458 e. The Hall–Kier alpha value is -1.80. The zero-order valence-corrected chi connectivity index (χ0v) is 11.1. The van der Waals surface area contributed by atoms with E-state index in [0.29, 0.717) is 0 Å². The second-order valence-corrected chi connectivity index (χ2v) is 5.17. The molecule has 0 fully saturated rings. The van der Waals surface area contributed by atoms with E-state index in [1.165, 1.54) is 22.0 Å². The van der Waals surface area contributed by atoms with E-state index in [4.69, 9.17) is 0 Å². The van der Waals surface area contributed by atoms with Gasteiger partial charge in [0, 0.05) is 16.6 Å². The van der Waals surface area contributed by atoms with E-state index in [0.717, 1.165) is 12.1 Å². The molecule has 0 saturated heterocycles. The van der Waals surface area contributed by atoms with Gasteiger partial charge in [0.2, 0.25) is 0 Å². The minimum Gasteiger partial charge on any atom is -0.355 e. The molecular weight excluding hydrogens is 238 g/mol. The maximum Gasteiger partial charge on any atom is 0.0458 e. The lowest BCUT2D eigenvalue weighted by molar-refractivity contribution is 1.15. The molecule has 0 amide bonds. The first-order chi connectivity index (χ1) is 8.85. The molecule has 2 heterocycles. The summed E-state index contributed by atoms with van der Waals surface area (Å²) in [5, 5.41) is 5.53.